The summed E-state index contributed by atoms with van der Waals surface area (Å²) in [7, 11) is 1.47. The maximum Gasteiger partial charge on any atom is 0.328 e. The Balaban J connectivity index is 1.65. The molecule has 4 aromatic rings. The molecule has 2 aromatic heterocycles. The summed E-state index contributed by atoms with van der Waals surface area (Å²) in [4.78, 5) is 29.2. The number of nitrogens with one attached hydrogen (secondary N) is 1. The number of nitrogens with zero attached hydrogens (tertiary/aromatic N) is 3. The molecule has 1 unspecified atom stereocenters. The largest absolute Gasteiger partial charge is 0.494 e. The van der Waals surface area contributed by atoms with Crippen molar-refractivity contribution in [2.75, 3.05) is 12.4 Å². The van der Waals surface area contributed by atoms with E-state index in [9.17, 15) is 19.8 Å². The quantitative estimate of drug-likeness (QED) is 0.355. The number of carbonyl (C=O) groups is 2. The van der Waals surface area contributed by atoms with Gasteiger partial charge in [0.05, 0.1) is 24.0 Å². The number of carbonyl (C=O) groups excluding carboxylic acids is 1. The van der Waals surface area contributed by atoms with Crippen molar-refractivity contribution in [2.24, 2.45) is 0 Å². The first-order chi connectivity index (χ1) is 16.7. The lowest BCUT2D eigenvalue weighted by Crippen LogP contribution is -2.21. The predicted octanol–water partition coefficient (Wildman–Crippen LogP) is 3.79. The Kier molecular flexibility index (Phi) is 6.52. The van der Waals surface area contributed by atoms with E-state index in [-0.39, 0.29) is 12.1 Å². The minimum absolute atomic E-state index is 0.135. The SMILES string of the molecule is COc1cc2nn(C(Cc3ccccc3)C(=O)O)cc2cc1NC(=O)c1cccc(C(C)(C)O)n1. The maximum atomic E-state index is 12.9. The Morgan fingerprint density at radius 2 is 1.86 bits per heavy atom. The van der Waals surface area contributed by atoms with Gasteiger partial charge in [-0.2, -0.15) is 5.10 Å². The summed E-state index contributed by atoms with van der Waals surface area (Å²) in [5.41, 5.74) is 1.10. The molecule has 2 aromatic carbocycles. The van der Waals surface area contributed by atoms with Crippen LogP contribution in [-0.4, -0.2) is 44.0 Å². The molecule has 0 aliphatic heterocycles. The second-order valence-corrected chi connectivity index (χ2v) is 8.69. The number of rotatable bonds is 8. The van der Waals surface area contributed by atoms with E-state index in [1.807, 2.05) is 30.3 Å². The summed E-state index contributed by atoms with van der Waals surface area (Å²) in [5, 5.41) is 27.9. The third-order valence-electron chi connectivity index (χ3n) is 5.58. The molecule has 1 atom stereocenters. The minimum Gasteiger partial charge on any atom is -0.494 e. The Labute approximate surface area is 202 Å². The minimum atomic E-state index is -1.19. The van der Waals surface area contributed by atoms with Crippen LogP contribution in [-0.2, 0) is 16.8 Å². The molecule has 0 saturated heterocycles. The van der Waals surface area contributed by atoms with Gasteiger partial charge < -0.3 is 20.3 Å². The summed E-state index contributed by atoms with van der Waals surface area (Å²) in [5.74, 6) is -1.11. The highest BCUT2D eigenvalue weighted by Crippen LogP contribution is 2.31. The zero-order chi connectivity index (χ0) is 25.2. The van der Waals surface area contributed by atoms with Crippen molar-refractivity contribution < 1.29 is 24.5 Å². The number of aromatic nitrogens is 3. The van der Waals surface area contributed by atoms with E-state index >= 15 is 0 Å². The fourth-order valence-electron chi connectivity index (χ4n) is 3.72. The van der Waals surface area contributed by atoms with Crippen molar-refractivity contribution in [3.63, 3.8) is 0 Å². The zero-order valence-corrected chi connectivity index (χ0v) is 19.6. The molecule has 0 bridgehead atoms. The van der Waals surface area contributed by atoms with Gasteiger partial charge in [0.15, 0.2) is 6.04 Å². The van der Waals surface area contributed by atoms with Gasteiger partial charge in [0.2, 0.25) is 0 Å². The number of methoxy groups -OCH3 is 1. The molecule has 0 aliphatic carbocycles. The van der Waals surface area contributed by atoms with Crippen LogP contribution in [0.25, 0.3) is 10.9 Å². The summed E-state index contributed by atoms with van der Waals surface area (Å²) in [6, 6.07) is 16.6. The molecule has 0 saturated carbocycles. The number of amides is 1. The van der Waals surface area contributed by atoms with Crippen LogP contribution >= 0.6 is 0 Å². The second kappa shape index (κ2) is 9.55. The van der Waals surface area contributed by atoms with Crippen molar-refractivity contribution in [3.8, 4) is 5.75 Å². The number of carboxylic acids is 1. The topological polar surface area (TPSA) is 127 Å². The van der Waals surface area contributed by atoms with E-state index in [4.69, 9.17) is 4.74 Å². The predicted molar refractivity (Wildman–Crippen MR) is 131 cm³/mol. The number of hydrogen-bond acceptors (Lipinski definition) is 6. The Bertz CT molecular complexity index is 1380. The molecule has 2 heterocycles. The highest BCUT2D eigenvalue weighted by molar-refractivity contribution is 6.05. The van der Waals surface area contributed by atoms with Crippen LogP contribution in [0, 0.1) is 0 Å². The zero-order valence-electron chi connectivity index (χ0n) is 19.6. The number of aliphatic carboxylic acids is 1. The molecule has 9 heteroatoms. The van der Waals surface area contributed by atoms with E-state index in [0.29, 0.717) is 28.0 Å². The van der Waals surface area contributed by atoms with Crippen LogP contribution in [0.5, 0.6) is 5.75 Å². The van der Waals surface area contributed by atoms with Crippen molar-refractivity contribution in [1.82, 2.24) is 14.8 Å². The third-order valence-corrected chi connectivity index (χ3v) is 5.58. The third kappa shape index (κ3) is 5.30. The normalized spacial score (nSPS) is 12.3. The van der Waals surface area contributed by atoms with Gasteiger partial charge >= 0.3 is 5.97 Å². The van der Waals surface area contributed by atoms with E-state index in [1.54, 1.807) is 50.4 Å². The molecule has 3 N–H and O–H groups in total. The summed E-state index contributed by atoms with van der Waals surface area (Å²) in [6.07, 6.45) is 1.91. The second-order valence-electron chi connectivity index (χ2n) is 8.69. The molecule has 0 radical (unpaired) electrons. The lowest BCUT2D eigenvalue weighted by atomic mass is 10.0. The van der Waals surface area contributed by atoms with Gasteiger partial charge in [0.25, 0.3) is 5.91 Å². The van der Waals surface area contributed by atoms with Crippen LogP contribution in [0.3, 0.4) is 0 Å². The van der Waals surface area contributed by atoms with Crippen LogP contribution in [0.15, 0.2) is 66.9 Å². The molecule has 4 rings (SSSR count). The number of anilines is 1. The van der Waals surface area contributed by atoms with Gasteiger partial charge in [-0.1, -0.05) is 36.4 Å². The molecule has 0 spiro atoms. The van der Waals surface area contributed by atoms with Crippen molar-refractivity contribution in [2.45, 2.75) is 31.9 Å². The van der Waals surface area contributed by atoms with Gasteiger partial charge in [0.1, 0.15) is 17.0 Å². The first-order valence-corrected chi connectivity index (χ1v) is 11.0. The summed E-state index contributed by atoms with van der Waals surface area (Å²) < 4.78 is 6.86. The molecule has 9 nitrogen and oxygen atoms in total. The number of hydrogen-bond donors (Lipinski definition) is 3. The molecule has 1 amide bonds. The highest BCUT2D eigenvalue weighted by Gasteiger charge is 2.23. The number of fused-ring (bicyclic) bond motifs is 1. The van der Waals surface area contributed by atoms with Crippen molar-refractivity contribution >= 4 is 28.5 Å². The van der Waals surface area contributed by atoms with Crippen molar-refractivity contribution in [3.05, 3.63) is 83.8 Å². The maximum absolute atomic E-state index is 12.9. The lowest BCUT2D eigenvalue weighted by molar-refractivity contribution is -0.141. The lowest BCUT2D eigenvalue weighted by Gasteiger charge is -2.17. The van der Waals surface area contributed by atoms with Gasteiger partial charge in [-0.15, -0.1) is 0 Å². The van der Waals surface area contributed by atoms with E-state index in [2.05, 4.69) is 15.4 Å². The van der Waals surface area contributed by atoms with Gasteiger partial charge in [-0.3, -0.25) is 9.48 Å². The van der Waals surface area contributed by atoms with Crippen molar-refractivity contribution in [1.29, 1.82) is 0 Å². The standard InChI is InChI=1S/C26H26N4O5/c1-26(2,34)23-11-7-10-18(27-23)24(31)28-20-13-17-15-30(29-19(17)14-22(20)35-3)21(25(32)33)12-16-8-5-4-6-9-16/h4-11,13-15,21,34H,12H2,1-3H3,(H,28,31)(H,32,33). The Morgan fingerprint density at radius 1 is 1.11 bits per heavy atom. The molecular weight excluding hydrogens is 448 g/mol. The van der Waals surface area contributed by atoms with Gasteiger partial charge in [0, 0.05) is 24.1 Å². The first kappa shape index (κ1) is 23.9. The Morgan fingerprint density at radius 3 is 2.51 bits per heavy atom. The van der Waals surface area contributed by atoms with Gasteiger partial charge in [-0.05, 0) is 37.6 Å². The Hall–Kier alpha value is -4.24. The fraction of sp³-hybridized carbons (Fsp3) is 0.231. The van der Waals surface area contributed by atoms with Crippen LogP contribution in [0.1, 0.15) is 41.6 Å². The van der Waals surface area contributed by atoms with E-state index < -0.39 is 23.5 Å². The monoisotopic (exact) mass is 474 g/mol. The summed E-state index contributed by atoms with van der Waals surface area (Å²) >= 11 is 0. The molecular formula is C26H26N4O5. The molecule has 0 fully saturated rings. The number of pyridine rings is 1. The number of aliphatic hydroxyl groups is 1. The highest BCUT2D eigenvalue weighted by atomic mass is 16.5. The molecule has 35 heavy (non-hydrogen) atoms. The van der Waals surface area contributed by atoms with E-state index in [1.165, 1.54) is 11.8 Å². The van der Waals surface area contributed by atoms with Crippen LogP contribution in [0.2, 0.25) is 0 Å². The van der Waals surface area contributed by atoms with Crippen LogP contribution < -0.4 is 10.1 Å². The summed E-state index contributed by atoms with van der Waals surface area (Å²) in [6.45, 7) is 3.18. The smallest absolute Gasteiger partial charge is 0.328 e. The number of benzene rings is 2. The number of ether oxygens (including phenoxy) is 1. The van der Waals surface area contributed by atoms with Crippen LogP contribution in [0.4, 0.5) is 5.69 Å². The first-order valence-electron chi connectivity index (χ1n) is 11.0. The molecule has 0 aliphatic rings. The average Bonchev–Trinajstić information content (AvgIpc) is 3.24. The number of carboxylic acid groups (broad SMARTS) is 1. The van der Waals surface area contributed by atoms with Gasteiger partial charge in [-0.25, -0.2) is 9.78 Å². The van der Waals surface area contributed by atoms with E-state index in [0.717, 1.165) is 5.56 Å². The average molecular weight is 475 g/mol. The molecule has 180 valence electrons. The fourth-order valence-corrected chi connectivity index (χ4v) is 3.72.